The highest BCUT2D eigenvalue weighted by atomic mass is 16.5. The number of nitrogens with one attached hydrogen (secondary N) is 1. The Morgan fingerprint density at radius 1 is 1.03 bits per heavy atom. The van der Waals surface area contributed by atoms with E-state index in [1.165, 1.54) is 5.56 Å². The molecule has 0 radical (unpaired) electrons. The van der Waals surface area contributed by atoms with Crippen molar-refractivity contribution in [2.45, 2.75) is 33.0 Å². The van der Waals surface area contributed by atoms with Crippen LogP contribution >= 0.6 is 0 Å². The van der Waals surface area contributed by atoms with Crippen molar-refractivity contribution in [1.29, 1.82) is 0 Å². The summed E-state index contributed by atoms with van der Waals surface area (Å²) in [5.74, 6) is 1.10. The van der Waals surface area contributed by atoms with Gasteiger partial charge in [0.1, 0.15) is 11.4 Å². The van der Waals surface area contributed by atoms with Gasteiger partial charge in [-0.3, -0.25) is 4.79 Å². The van der Waals surface area contributed by atoms with Crippen LogP contribution < -0.4 is 15.0 Å². The first-order chi connectivity index (χ1) is 14.1. The van der Waals surface area contributed by atoms with Gasteiger partial charge >= 0.3 is 0 Å². The molecule has 0 saturated heterocycles. The van der Waals surface area contributed by atoms with E-state index < -0.39 is 0 Å². The summed E-state index contributed by atoms with van der Waals surface area (Å²) in [6.07, 6.45) is 1.63. The molecule has 3 aromatic rings. The smallest absolute Gasteiger partial charge is 0.270 e. The number of rotatable bonds is 8. The minimum Gasteiger partial charge on any atom is -0.497 e. The van der Waals surface area contributed by atoms with Gasteiger partial charge in [0.15, 0.2) is 0 Å². The average Bonchev–Trinajstić information content (AvgIpc) is 2.76. The highest BCUT2D eigenvalue weighted by molar-refractivity contribution is 5.92. The highest BCUT2D eigenvalue weighted by Gasteiger charge is 2.16. The van der Waals surface area contributed by atoms with Crippen LogP contribution in [0.5, 0.6) is 5.75 Å². The first-order valence-electron chi connectivity index (χ1n) is 9.61. The predicted molar refractivity (Wildman–Crippen MR) is 114 cm³/mol. The van der Waals surface area contributed by atoms with Crippen molar-refractivity contribution in [3.05, 3.63) is 83.7 Å². The molecular formula is C23H26N4O2. The molecular weight excluding hydrogens is 364 g/mol. The number of hydrogen-bond donors (Lipinski definition) is 1. The Kier molecular flexibility index (Phi) is 6.79. The molecule has 150 valence electrons. The lowest BCUT2D eigenvalue weighted by Crippen LogP contribution is -2.32. The number of amides is 1. The fraction of sp³-hybridized carbons (Fsp3) is 0.261. The Morgan fingerprint density at radius 3 is 2.41 bits per heavy atom. The molecule has 1 N–H and O–H groups in total. The van der Waals surface area contributed by atoms with Gasteiger partial charge < -0.3 is 15.0 Å². The molecule has 0 aliphatic heterocycles. The molecule has 2 aromatic carbocycles. The molecule has 0 atom stereocenters. The van der Waals surface area contributed by atoms with Crippen LogP contribution in [0, 0.1) is 0 Å². The van der Waals surface area contributed by atoms with E-state index in [4.69, 9.17) is 4.74 Å². The molecule has 1 aromatic heterocycles. The Balaban J connectivity index is 1.70. The average molecular weight is 390 g/mol. The summed E-state index contributed by atoms with van der Waals surface area (Å²) in [5.41, 5.74) is 2.50. The number of nitrogens with zero attached hydrogens (tertiary/aromatic N) is 3. The van der Waals surface area contributed by atoms with Gasteiger partial charge in [-0.15, -0.1) is 0 Å². The number of carbonyl (C=O) groups excluding carboxylic acids is 1. The van der Waals surface area contributed by atoms with E-state index in [9.17, 15) is 4.79 Å². The molecule has 6 heteroatoms. The molecule has 0 fully saturated rings. The van der Waals surface area contributed by atoms with Gasteiger partial charge in [0.25, 0.3) is 5.91 Å². The quantitative estimate of drug-likeness (QED) is 0.633. The molecule has 0 aliphatic rings. The molecule has 0 bridgehead atoms. The standard InChI is InChI=1S/C23H26N4O2/c1-17(2)27(16-19-7-5-4-6-8-19)23-24-14-13-21(26-23)22(28)25-15-18-9-11-20(29-3)12-10-18/h4-14,17H,15-16H2,1-3H3,(H,25,28). The van der Waals surface area contributed by atoms with E-state index in [0.717, 1.165) is 11.3 Å². The molecule has 1 heterocycles. The summed E-state index contributed by atoms with van der Waals surface area (Å²) in [7, 11) is 1.63. The zero-order valence-corrected chi connectivity index (χ0v) is 17.0. The third-order valence-corrected chi connectivity index (χ3v) is 4.56. The number of anilines is 1. The van der Waals surface area contributed by atoms with E-state index in [2.05, 4.69) is 46.2 Å². The van der Waals surface area contributed by atoms with Crippen molar-refractivity contribution in [3.63, 3.8) is 0 Å². The van der Waals surface area contributed by atoms with Crippen molar-refractivity contribution < 1.29 is 9.53 Å². The van der Waals surface area contributed by atoms with Crippen LogP contribution in [0.3, 0.4) is 0 Å². The summed E-state index contributed by atoms with van der Waals surface area (Å²) in [6, 6.07) is 19.6. The summed E-state index contributed by atoms with van der Waals surface area (Å²) in [6.45, 7) is 5.26. The van der Waals surface area contributed by atoms with Crippen LogP contribution in [0.1, 0.15) is 35.5 Å². The maximum atomic E-state index is 12.6. The molecule has 1 amide bonds. The van der Waals surface area contributed by atoms with Crippen molar-refractivity contribution in [3.8, 4) is 5.75 Å². The maximum absolute atomic E-state index is 12.6. The zero-order chi connectivity index (χ0) is 20.6. The van der Waals surface area contributed by atoms with Gasteiger partial charge in [0.05, 0.1) is 7.11 Å². The fourth-order valence-electron chi connectivity index (χ4n) is 2.89. The molecule has 0 unspecified atom stereocenters. The molecule has 0 aliphatic carbocycles. The van der Waals surface area contributed by atoms with Crippen LogP contribution in [-0.4, -0.2) is 29.0 Å². The Hall–Kier alpha value is -3.41. The van der Waals surface area contributed by atoms with E-state index in [1.807, 2.05) is 42.5 Å². The van der Waals surface area contributed by atoms with Gasteiger partial charge in [0, 0.05) is 25.3 Å². The van der Waals surface area contributed by atoms with E-state index in [-0.39, 0.29) is 11.9 Å². The summed E-state index contributed by atoms with van der Waals surface area (Å²) in [5, 5.41) is 2.91. The lowest BCUT2D eigenvalue weighted by Gasteiger charge is -2.27. The lowest BCUT2D eigenvalue weighted by atomic mass is 10.2. The number of aromatic nitrogens is 2. The first-order valence-corrected chi connectivity index (χ1v) is 9.61. The van der Waals surface area contributed by atoms with E-state index in [0.29, 0.717) is 24.7 Å². The largest absolute Gasteiger partial charge is 0.497 e. The maximum Gasteiger partial charge on any atom is 0.270 e. The van der Waals surface area contributed by atoms with E-state index in [1.54, 1.807) is 19.4 Å². The second-order valence-electron chi connectivity index (χ2n) is 6.98. The van der Waals surface area contributed by atoms with Gasteiger partial charge in [-0.1, -0.05) is 42.5 Å². The van der Waals surface area contributed by atoms with Crippen LogP contribution in [0.4, 0.5) is 5.95 Å². The van der Waals surface area contributed by atoms with Crippen LogP contribution in [0.25, 0.3) is 0 Å². The topological polar surface area (TPSA) is 67.3 Å². The number of ether oxygens (including phenoxy) is 1. The minimum atomic E-state index is -0.229. The molecule has 3 rings (SSSR count). The van der Waals surface area contributed by atoms with Gasteiger partial charge in [-0.25, -0.2) is 9.97 Å². The minimum absolute atomic E-state index is 0.188. The van der Waals surface area contributed by atoms with E-state index >= 15 is 0 Å². The molecule has 6 nitrogen and oxygen atoms in total. The van der Waals surface area contributed by atoms with Gasteiger partial charge in [-0.2, -0.15) is 0 Å². The zero-order valence-electron chi connectivity index (χ0n) is 17.0. The number of benzene rings is 2. The van der Waals surface area contributed by atoms with Crippen LogP contribution in [-0.2, 0) is 13.1 Å². The van der Waals surface area contributed by atoms with Crippen LogP contribution in [0.15, 0.2) is 66.9 Å². The van der Waals surface area contributed by atoms with Gasteiger partial charge in [-0.05, 0) is 43.2 Å². The number of hydrogen-bond acceptors (Lipinski definition) is 5. The summed E-state index contributed by atoms with van der Waals surface area (Å²) >= 11 is 0. The first kappa shape index (κ1) is 20.3. The Bertz CT molecular complexity index is 927. The molecule has 0 spiro atoms. The fourth-order valence-corrected chi connectivity index (χ4v) is 2.89. The second-order valence-corrected chi connectivity index (χ2v) is 6.98. The number of carbonyl (C=O) groups is 1. The molecule has 0 saturated carbocycles. The SMILES string of the molecule is COc1ccc(CNC(=O)c2ccnc(N(Cc3ccccc3)C(C)C)n2)cc1. The highest BCUT2D eigenvalue weighted by Crippen LogP contribution is 2.16. The van der Waals surface area contributed by atoms with Crippen molar-refractivity contribution in [1.82, 2.24) is 15.3 Å². The van der Waals surface area contributed by atoms with Crippen molar-refractivity contribution in [2.24, 2.45) is 0 Å². The number of methoxy groups -OCH3 is 1. The lowest BCUT2D eigenvalue weighted by molar-refractivity contribution is 0.0945. The normalized spacial score (nSPS) is 10.6. The third kappa shape index (κ3) is 5.54. The van der Waals surface area contributed by atoms with Crippen molar-refractivity contribution in [2.75, 3.05) is 12.0 Å². The van der Waals surface area contributed by atoms with Gasteiger partial charge in [0.2, 0.25) is 5.95 Å². The van der Waals surface area contributed by atoms with Crippen LogP contribution in [0.2, 0.25) is 0 Å². The monoisotopic (exact) mass is 390 g/mol. The Morgan fingerprint density at radius 2 is 1.76 bits per heavy atom. The summed E-state index contributed by atoms with van der Waals surface area (Å²) < 4.78 is 5.15. The predicted octanol–water partition coefficient (Wildman–Crippen LogP) is 3.83. The third-order valence-electron chi connectivity index (χ3n) is 4.56. The molecule has 29 heavy (non-hydrogen) atoms. The summed E-state index contributed by atoms with van der Waals surface area (Å²) in [4.78, 5) is 23.6. The second kappa shape index (κ2) is 9.68. The Labute approximate surface area is 171 Å². The van der Waals surface area contributed by atoms with Crippen molar-refractivity contribution >= 4 is 11.9 Å².